The normalized spacial score (nSPS) is 34.6. The number of fused-ring (bicyclic) bond motifs is 5. The molecule has 6 heterocycles. The molecule has 6 aliphatic heterocycles. The number of carbonyl (C=O) groups excluding carboxylic acids is 2. The van der Waals surface area contributed by atoms with Crippen molar-refractivity contribution < 1.29 is 19.1 Å². The molecule has 7 rings (SSSR count). The van der Waals surface area contributed by atoms with Gasteiger partial charge in [0.2, 0.25) is 11.8 Å². The summed E-state index contributed by atoms with van der Waals surface area (Å²) in [6.07, 6.45) is 6.82. The molecule has 1 aromatic rings. The Morgan fingerprint density at radius 3 is 2.72 bits per heavy atom. The number of allylic oxidation sites excluding steroid dienone is 1. The van der Waals surface area contributed by atoms with Crippen LogP contribution in [0.4, 0.5) is 11.4 Å². The monoisotopic (exact) mass is 595 g/mol. The van der Waals surface area contributed by atoms with Gasteiger partial charge in [-0.05, 0) is 44.9 Å². The second kappa shape index (κ2) is 12.2. The van der Waals surface area contributed by atoms with E-state index in [-0.39, 0.29) is 55.2 Å². The van der Waals surface area contributed by atoms with Crippen LogP contribution < -0.4 is 30.9 Å². The van der Waals surface area contributed by atoms with Gasteiger partial charge in [0.05, 0.1) is 43.7 Å². The van der Waals surface area contributed by atoms with E-state index in [9.17, 15) is 9.59 Å². The van der Waals surface area contributed by atoms with E-state index in [0.717, 1.165) is 69.0 Å². The van der Waals surface area contributed by atoms with Gasteiger partial charge in [0.25, 0.3) is 0 Å². The summed E-state index contributed by atoms with van der Waals surface area (Å²) in [6.45, 7) is 5.93. The van der Waals surface area contributed by atoms with Crippen LogP contribution in [0.3, 0.4) is 0 Å². The van der Waals surface area contributed by atoms with Gasteiger partial charge in [-0.2, -0.15) is 5.01 Å². The number of hydrogen-bond acceptors (Lipinski definition) is 11. The molecule has 1 aromatic carbocycles. The molecular weight excluding hydrogens is 550 g/mol. The zero-order valence-corrected chi connectivity index (χ0v) is 25.2. The molecule has 4 N–H and O–H groups in total. The topological polar surface area (TPSA) is 117 Å². The number of methoxy groups -OCH3 is 1. The quantitative estimate of drug-likeness (QED) is 0.351. The fourth-order valence-electron chi connectivity index (χ4n) is 7.42. The maximum Gasteiger partial charge on any atom is 0.249 e. The van der Waals surface area contributed by atoms with Gasteiger partial charge in [0, 0.05) is 51.0 Å². The predicted molar refractivity (Wildman–Crippen MR) is 162 cm³/mol. The molecule has 6 unspecified atom stereocenters. The molecular formula is C30H45N9O4. The number of nitrogens with zero attached hydrogens (tertiary/aromatic N) is 5. The van der Waals surface area contributed by atoms with Gasteiger partial charge in [-0.1, -0.05) is 12.2 Å². The van der Waals surface area contributed by atoms with Crippen LogP contribution in [0.15, 0.2) is 30.4 Å². The van der Waals surface area contributed by atoms with Crippen molar-refractivity contribution in [1.29, 1.82) is 0 Å². The van der Waals surface area contributed by atoms with E-state index in [1.165, 1.54) is 0 Å². The highest BCUT2D eigenvalue weighted by atomic mass is 16.5. The summed E-state index contributed by atoms with van der Waals surface area (Å²) in [5.41, 5.74) is 2.04. The number of ether oxygens (including phenoxy) is 2. The largest absolute Gasteiger partial charge is 0.495 e. The number of hydrogen-bond donors (Lipinski definition) is 4. The maximum absolute atomic E-state index is 13.8. The Kier molecular flexibility index (Phi) is 8.18. The molecule has 0 saturated carbocycles. The third-order valence-corrected chi connectivity index (χ3v) is 9.78. The van der Waals surface area contributed by atoms with Crippen LogP contribution in [0.25, 0.3) is 0 Å². The number of hydrazine groups is 1. The summed E-state index contributed by atoms with van der Waals surface area (Å²) in [6, 6.07) is 6.27. The van der Waals surface area contributed by atoms with E-state index in [4.69, 9.17) is 9.47 Å². The van der Waals surface area contributed by atoms with Crippen LogP contribution in [-0.4, -0.2) is 129 Å². The van der Waals surface area contributed by atoms with Gasteiger partial charge in [-0.15, -0.1) is 0 Å². The first kappa shape index (κ1) is 28.8. The Morgan fingerprint density at radius 2 is 1.88 bits per heavy atom. The second-order valence-corrected chi connectivity index (χ2v) is 12.4. The number of carbonyl (C=O) groups is 2. The van der Waals surface area contributed by atoms with E-state index in [0.29, 0.717) is 19.6 Å². The number of benzene rings is 1. The minimum absolute atomic E-state index is 0.0287. The predicted octanol–water partition coefficient (Wildman–Crippen LogP) is -0.0502. The van der Waals surface area contributed by atoms with Crippen molar-refractivity contribution in [2.24, 2.45) is 5.92 Å². The Morgan fingerprint density at radius 1 is 1.02 bits per heavy atom. The molecule has 13 heteroatoms. The highest BCUT2D eigenvalue weighted by molar-refractivity contribution is 5.82. The summed E-state index contributed by atoms with van der Waals surface area (Å²) in [7, 11) is 3.88. The Balaban J connectivity index is 1.10. The van der Waals surface area contributed by atoms with Crippen molar-refractivity contribution in [2.75, 3.05) is 76.8 Å². The zero-order valence-electron chi connectivity index (χ0n) is 25.2. The lowest BCUT2D eigenvalue weighted by Gasteiger charge is -2.50. The lowest BCUT2D eigenvalue weighted by atomic mass is 9.99. The van der Waals surface area contributed by atoms with Crippen molar-refractivity contribution in [3.63, 3.8) is 0 Å². The molecule has 6 atom stereocenters. The van der Waals surface area contributed by atoms with E-state index in [1.54, 1.807) is 7.11 Å². The van der Waals surface area contributed by atoms with Gasteiger partial charge >= 0.3 is 0 Å². The highest BCUT2D eigenvalue weighted by Gasteiger charge is 2.53. The van der Waals surface area contributed by atoms with Crippen molar-refractivity contribution in [1.82, 2.24) is 35.8 Å². The van der Waals surface area contributed by atoms with Gasteiger partial charge in [0.1, 0.15) is 24.8 Å². The third kappa shape index (κ3) is 5.58. The number of amides is 2. The molecule has 0 aliphatic carbocycles. The van der Waals surface area contributed by atoms with Gasteiger partial charge in [-0.3, -0.25) is 30.5 Å². The molecule has 2 bridgehead atoms. The summed E-state index contributed by atoms with van der Waals surface area (Å²) < 4.78 is 11.8. The van der Waals surface area contributed by atoms with Crippen LogP contribution in [-0.2, 0) is 14.3 Å². The smallest absolute Gasteiger partial charge is 0.249 e. The Bertz CT molecular complexity index is 1220. The Hall–Kier alpha value is -2.94. The minimum atomic E-state index is -0.252. The molecule has 6 aliphatic rings. The first-order valence-electron chi connectivity index (χ1n) is 15.8. The molecule has 5 fully saturated rings. The molecule has 0 aromatic heterocycles. The summed E-state index contributed by atoms with van der Waals surface area (Å²) >= 11 is 0. The summed E-state index contributed by atoms with van der Waals surface area (Å²) in [4.78, 5) is 33.3. The molecule has 5 saturated heterocycles. The van der Waals surface area contributed by atoms with Gasteiger partial charge in [0.15, 0.2) is 0 Å². The van der Waals surface area contributed by atoms with Crippen molar-refractivity contribution >= 4 is 23.2 Å². The van der Waals surface area contributed by atoms with Crippen LogP contribution in [0.2, 0.25) is 0 Å². The van der Waals surface area contributed by atoms with E-state index < -0.39 is 0 Å². The number of piperazine rings is 1. The van der Waals surface area contributed by atoms with Crippen LogP contribution in [0, 0.1) is 5.92 Å². The first-order chi connectivity index (χ1) is 21.0. The maximum atomic E-state index is 13.8. The van der Waals surface area contributed by atoms with E-state index in [2.05, 4.69) is 67.4 Å². The second-order valence-electron chi connectivity index (χ2n) is 12.4. The average molecular weight is 596 g/mol. The lowest BCUT2D eigenvalue weighted by Crippen LogP contribution is -2.72. The number of likely N-dealkylation sites (N-methyl/N-ethyl adjacent to an activating group) is 1. The molecule has 13 nitrogen and oxygen atoms in total. The summed E-state index contributed by atoms with van der Waals surface area (Å²) in [5.74, 6) is 0.752. The standard InChI is InChI=1S/C30H45N9O4/c1-35-13-15-36(16-14-35)22-8-7-20(17-24(22)42-2)32-30-31-18-21-27(34-30)39-25-10-9-23-28(33-25)37(26(40)19-43-23)11-5-3-4-6-12-38(39)29(21)41/h4,6-8,17,21,23,25,27-28,30-34H,3,5,9-16,18-19H2,1-2H3/b6-4+. The number of piperidine rings is 1. The number of anilines is 2. The average Bonchev–Trinajstić information content (AvgIpc) is 3.29. The molecule has 0 radical (unpaired) electrons. The number of morpholine rings is 1. The number of nitrogens with one attached hydrogen (secondary N) is 4. The molecule has 43 heavy (non-hydrogen) atoms. The van der Waals surface area contributed by atoms with Gasteiger partial charge < -0.3 is 29.5 Å². The Labute approximate surface area is 253 Å². The van der Waals surface area contributed by atoms with Gasteiger partial charge in [-0.25, -0.2) is 0 Å². The number of rotatable bonds is 4. The lowest BCUT2D eigenvalue weighted by molar-refractivity contribution is -0.176. The van der Waals surface area contributed by atoms with Crippen molar-refractivity contribution in [3.05, 3.63) is 30.4 Å². The zero-order chi connectivity index (χ0) is 29.5. The van der Waals surface area contributed by atoms with E-state index in [1.807, 2.05) is 16.0 Å². The molecule has 234 valence electrons. The minimum Gasteiger partial charge on any atom is -0.495 e. The van der Waals surface area contributed by atoms with Crippen LogP contribution in [0.1, 0.15) is 25.7 Å². The highest BCUT2D eigenvalue weighted by Crippen LogP contribution is 2.35. The fraction of sp³-hybridized carbons (Fsp3) is 0.667. The fourth-order valence-corrected chi connectivity index (χ4v) is 7.42. The first-order valence-corrected chi connectivity index (χ1v) is 15.8. The van der Waals surface area contributed by atoms with E-state index >= 15 is 0 Å². The van der Waals surface area contributed by atoms with Crippen molar-refractivity contribution in [2.45, 2.75) is 56.6 Å². The van der Waals surface area contributed by atoms with Crippen molar-refractivity contribution in [3.8, 4) is 5.75 Å². The molecule has 2 amide bonds. The molecule has 0 spiro atoms. The third-order valence-electron chi connectivity index (χ3n) is 9.78. The van der Waals surface area contributed by atoms with Crippen LogP contribution >= 0.6 is 0 Å². The SMILES string of the molecule is COc1cc(NC2NCC3C(=O)N4C/C=C/CCCN5C(=O)COC6CCC(NC65)N4C3N2)ccc1N1CCN(C)CC1. The van der Waals surface area contributed by atoms with Crippen LogP contribution in [0.5, 0.6) is 5.75 Å². The summed E-state index contributed by atoms with van der Waals surface area (Å²) in [5, 5.41) is 18.6.